The molecule has 0 bridgehead atoms. The van der Waals surface area contributed by atoms with Crippen LogP contribution in [0.25, 0.3) is 11.5 Å². The number of ether oxygens (including phenoxy) is 1. The number of nitrogens with zero attached hydrogens (tertiary/aromatic N) is 4. The molecule has 0 aliphatic heterocycles. The number of nitrogens with one attached hydrogen (secondary N) is 1. The number of fused-ring (bicyclic) bond motifs is 1. The zero-order valence-corrected chi connectivity index (χ0v) is 14.0. The predicted octanol–water partition coefficient (Wildman–Crippen LogP) is 2.81. The summed E-state index contributed by atoms with van der Waals surface area (Å²) in [4.78, 5) is 12.9. The molecule has 7 nitrogen and oxygen atoms in total. The summed E-state index contributed by atoms with van der Waals surface area (Å²) in [6.45, 7) is 0.550. The van der Waals surface area contributed by atoms with Crippen LogP contribution in [0.4, 0.5) is 5.82 Å². The first-order chi connectivity index (χ1) is 12.3. The van der Waals surface area contributed by atoms with Gasteiger partial charge in [-0.15, -0.1) is 0 Å². The lowest BCUT2D eigenvalue weighted by Gasteiger charge is -2.15. The second-order valence-electron chi connectivity index (χ2n) is 5.98. The highest BCUT2D eigenvalue weighted by Gasteiger charge is 2.24. The van der Waals surface area contributed by atoms with E-state index in [4.69, 9.17) is 9.26 Å². The molecule has 7 heteroatoms. The predicted molar refractivity (Wildman–Crippen MR) is 92.0 cm³/mol. The van der Waals surface area contributed by atoms with Gasteiger partial charge >= 0.3 is 0 Å². The first-order valence-electron chi connectivity index (χ1n) is 8.31. The lowest BCUT2D eigenvalue weighted by atomic mass is 10.1. The van der Waals surface area contributed by atoms with Crippen LogP contribution in [-0.2, 0) is 17.6 Å². The summed E-state index contributed by atoms with van der Waals surface area (Å²) in [6, 6.07) is 8.71. The maximum atomic E-state index is 5.39. The Kier molecular flexibility index (Phi) is 4.39. The number of benzene rings is 1. The molecule has 1 aliphatic carbocycles. The fraction of sp³-hybridized carbons (Fsp3) is 0.333. The number of hydrogen-bond acceptors (Lipinski definition) is 7. The number of rotatable bonds is 6. The van der Waals surface area contributed by atoms with Crippen LogP contribution < -0.4 is 5.32 Å². The first-order valence-corrected chi connectivity index (χ1v) is 8.31. The van der Waals surface area contributed by atoms with Gasteiger partial charge in [-0.2, -0.15) is 4.98 Å². The Bertz CT molecular complexity index is 864. The molecule has 0 fully saturated rings. The number of aromatic nitrogens is 4. The van der Waals surface area contributed by atoms with Crippen molar-refractivity contribution < 1.29 is 9.26 Å². The van der Waals surface area contributed by atoms with E-state index < -0.39 is 0 Å². The maximum absolute atomic E-state index is 5.39. The molecule has 1 N–H and O–H groups in total. The van der Waals surface area contributed by atoms with Gasteiger partial charge in [0.15, 0.2) is 5.82 Å². The van der Waals surface area contributed by atoms with Crippen molar-refractivity contribution in [3.63, 3.8) is 0 Å². The highest BCUT2D eigenvalue weighted by Crippen LogP contribution is 2.35. The van der Waals surface area contributed by atoms with E-state index in [2.05, 4.69) is 49.7 Å². The van der Waals surface area contributed by atoms with Gasteiger partial charge in [0.25, 0.3) is 5.89 Å². The van der Waals surface area contributed by atoms with E-state index >= 15 is 0 Å². The molecule has 0 amide bonds. The van der Waals surface area contributed by atoms with Crippen molar-refractivity contribution in [3.8, 4) is 11.5 Å². The van der Waals surface area contributed by atoms with Crippen LogP contribution in [0.5, 0.6) is 0 Å². The third kappa shape index (κ3) is 3.23. The molecule has 3 aromatic rings. The summed E-state index contributed by atoms with van der Waals surface area (Å²) in [5.41, 5.74) is 3.41. The Balaban J connectivity index is 1.59. The summed E-state index contributed by atoms with van der Waals surface area (Å²) in [7, 11) is 1.65. The molecule has 0 spiro atoms. The van der Waals surface area contributed by atoms with Crippen molar-refractivity contribution in [2.45, 2.75) is 25.3 Å². The van der Waals surface area contributed by atoms with Crippen LogP contribution in [-0.4, -0.2) is 33.8 Å². The molecule has 2 aromatic heterocycles. The van der Waals surface area contributed by atoms with Gasteiger partial charge in [-0.3, -0.25) is 0 Å². The molecular formula is C18H19N5O2. The smallest absolute Gasteiger partial charge is 0.263 e. The van der Waals surface area contributed by atoms with Crippen LogP contribution in [0.2, 0.25) is 0 Å². The van der Waals surface area contributed by atoms with Gasteiger partial charge < -0.3 is 14.6 Å². The van der Waals surface area contributed by atoms with Crippen LogP contribution in [0, 0.1) is 0 Å². The summed E-state index contributed by atoms with van der Waals surface area (Å²) in [6.07, 6.45) is 5.92. The van der Waals surface area contributed by atoms with Crippen molar-refractivity contribution in [1.82, 2.24) is 20.1 Å². The molecule has 1 aliphatic rings. The van der Waals surface area contributed by atoms with Gasteiger partial charge in [0.05, 0.1) is 12.6 Å². The zero-order valence-electron chi connectivity index (χ0n) is 14.0. The van der Waals surface area contributed by atoms with Crippen LogP contribution in [0.1, 0.15) is 29.4 Å². The van der Waals surface area contributed by atoms with Crippen molar-refractivity contribution >= 4 is 5.82 Å². The van der Waals surface area contributed by atoms with Crippen molar-refractivity contribution in [3.05, 3.63) is 53.7 Å². The van der Waals surface area contributed by atoms with E-state index in [-0.39, 0.29) is 6.04 Å². The minimum absolute atomic E-state index is 0.223. The third-order valence-electron chi connectivity index (χ3n) is 4.38. The highest BCUT2D eigenvalue weighted by atomic mass is 16.5. The number of methoxy groups -OCH3 is 1. The molecule has 1 atom stereocenters. The summed E-state index contributed by atoms with van der Waals surface area (Å²) >= 11 is 0. The lowest BCUT2D eigenvalue weighted by Crippen LogP contribution is -2.09. The van der Waals surface area contributed by atoms with Crippen molar-refractivity contribution in [2.75, 3.05) is 19.0 Å². The largest absolute Gasteiger partial charge is 0.384 e. The Morgan fingerprint density at radius 3 is 3.16 bits per heavy atom. The SMILES string of the molecule is COCCc1noc(-c2cncnc2NC2CCc3ccccc32)n1. The highest BCUT2D eigenvalue weighted by molar-refractivity contribution is 5.68. The van der Waals surface area contributed by atoms with Gasteiger partial charge in [-0.25, -0.2) is 9.97 Å². The molecule has 4 rings (SSSR count). The van der Waals surface area contributed by atoms with E-state index in [0.717, 1.165) is 12.8 Å². The quantitative estimate of drug-likeness (QED) is 0.740. The maximum Gasteiger partial charge on any atom is 0.263 e. The molecule has 25 heavy (non-hydrogen) atoms. The first kappa shape index (κ1) is 15.7. The lowest BCUT2D eigenvalue weighted by molar-refractivity contribution is 0.199. The van der Waals surface area contributed by atoms with E-state index in [1.807, 2.05) is 0 Å². The molecule has 0 saturated heterocycles. The fourth-order valence-electron chi connectivity index (χ4n) is 3.13. The topological polar surface area (TPSA) is 86.0 Å². The summed E-state index contributed by atoms with van der Waals surface area (Å²) in [5, 5.41) is 7.50. The normalized spacial score (nSPS) is 16.0. The van der Waals surface area contributed by atoms with E-state index in [1.54, 1.807) is 13.3 Å². The van der Waals surface area contributed by atoms with Crippen LogP contribution in [0.3, 0.4) is 0 Å². The summed E-state index contributed by atoms with van der Waals surface area (Å²) < 4.78 is 10.4. The standard InChI is InChI=1S/C18H19N5O2/c1-24-9-8-16-22-18(25-23-16)14-10-19-11-20-17(14)21-15-7-6-12-4-2-3-5-13(12)15/h2-5,10-11,15H,6-9H2,1H3,(H,19,20,21). The number of anilines is 1. The molecule has 0 saturated carbocycles. The number of aryl methyl sites for hydroxylation is 1. The molecule has 1 aromatic carbocycles. The minimum Gasteiger partial charge on any atom is -0.384 e. The van der Waals surface area contributed by atoms with Crippen molar-refractivity contribution in [2.24, 2.45) is 0 Å². The van der Waals surface area contributed by atoms with Gasteiger partial charge in [-0.05, 0) is 24.0 Å². The average molecular weight is 337 g/mol. The van der Waals surface area contributed by atoms with Crippen LogP contribution in [0.15, 0.2) is 41.3 Å². The Labute approximate surface area is 145 Å². The Hall–Kier alpha value is -2.80. The monoisotopic (exact) mass is 337 g/mol. The average Bonchev–Trinajstić information content (AvgIpc) is 3.28. The third-order valence-corrected chi connectivity index (χ3v) is 4.38. The molecule has 0 radical (unpaired) electrons. The summed E-state index contributed by atoms with van der Waals surface area (Å²) in [5.74, 6) is 1.73. The van der Waals surface area contributed by atoms with Gasteiger partial charge in [0.2, 0.25) is 0 Å². The van der Waals surface area contributed by atoms with E-state index in [0.29, 0.717) is 36.1 Å². The Morgan fingerprint density at radius 2 is 2.24 bits per heavy atom. The Morgan fingerprint density at radius 1 is 1.32 bits per heavy atom. The molecule has 128 valence electrons. The molecular weight excluding hydrogens is 318 g/mol. The second kappa shape index (κ2) is 6.98. The van der Waals surface area contributed by atoms with Gasteiger partial charge in [-0.1, -0.05) is 29.4 Å². The number of hydrogen-bond donors (Lipinski definition) is 1. The van der Waals surface area contributed by atoms with Gasteiger partial charge in [0.1, 0.15) is 17.7 Å². The second-order valence-corrected chi connectivity index (χ2v) is 5.98. The van der Waals surface area contributed by atoms with E-state index in [9.17, 15) is 0 Å². The fourth-order valence-corrected chi connectivity index (χ4v) is 3.13. The van der Waals surface area contributed by atoms with Crippen molar-refractivity contribution in [1.29, 1.82) is 0 Å². The molecule has 2 heterocycles. The van der Waals surface area contributed by atoms with Gasteiger partial charge in [0, 0.05) is 19.7 Å². The minimum atomic E-state index is 0.223. The van der Waals surface area contributed by atoms with Crippen LogP contribution >= 0.6 is 0 Å². The zero-order chi connectivity index (χ0) is 17.1. The molecule has 1 unspecified atom stereocenters. The van der Waals surface area contributed by atoms with E-state index in [1.165, 1.54) is 17.5 Å².